The Balaban J connectivity index is 1.25. The van der Waals surface area contributed by atoms with Gasteiger partial charge in [-0.15, -0.1) is 0 Å². The molecule has 2 amide bonds. The van der Waals surface area contributed by atoms with Gasteiger partial charge in [-0.2, -0.15) is 13.2 Å². The van der Waals surface area contributed by atoms with E-state index in [0.29, 0.717) is 55.5 Å². The zero-order valence-electron chi connectivity index (χ0n) is 19.3. The van der Waals surface area contributed by atoms with E-state index < -0.39 is 17.8 Å². The third-order valence-electron chi connectivity index (χ3n) is 6.78. The van der Waals surface area contributed by atoms with Gasteiger partial charge in [-0.1, -0.05) is 6.92 Å². The SMILES string of the molecule is CCC1COC(=O)N1c1ccc(C(=O)N2CCN(c3ncc(C(F)(F)F)cc3C3CC3)CC2)cn1. The lowest BCUT2D eigenvalue weighted by Gasteiger charge is -2.36. The first-order chi connectivity index (χ1) is 16.8. The zero-order valence-corrected chi connectivity index (χ0v) is 19.3. The summed E-state index contributed by atoms with van der Waals surface area (Å²) >= 11 is 0. The topological polar surface area (TPSA) is 78.9 Å². The van der Waals surface area contributed by atoms with E-state index in [9.17, 15) is 22.8 Å². The van der Waals surface area contributed by atoms with Crippen LogP contribution in [0.5, 0.6) is 0 Å². The number of rotatable bonds is 5. The fourth-order valence-electron chi connectivity index (χ4n) is 4.59. The summed E-state index contributed by atoms with van der Waals surface area (Å²) < 4.78 is 44.6. The highest BCUT2D eigenvalue weighted by Crippen LogP contribution is 2.45. The van der Waals surface area contributed by atoms with Crippen LogP contribution in [0.25, 0.3) is 0 Å². The summed E-state index contributed by atoms with van der Waals surface area (Å²) in [6, 6.07) is 4.44. The van der Waals surface area contributed by atoms with Gasteiger partial charge in [0, 0.05) is 38.6 Å². The number of pyridine rings is 2. The molecule has 1 unspecified atom stereocenters. The number of ether oxygens (including phenoxy) is 1. The third-order valence-corrected chi connectivity index (χ3v) is 6.78. The second kappa shape index (κ2) is 9.01. The molecule has 0 spiro atoms. The van der Waals surface area contributed by atoms with Crippen molar-refractivity contribution in [2.45, 2.75) is 44.3 Å². The van der Waals surface area contributed by atoms with Gasteiger partial charge in [0.05, 0.1) is 17.2 Å². The van der Waals surface area contributed by atoms with E-state index in [2.05, 4.69) is 9.97 Å². The van der Waals surface area contributed by atoms with Gasteiger partial charge in [-0.3, -0.25) is 9.69 Å². The molecule has 2 aliphatic heterocycles. The fourth-order valence-corrected chi connectivity index (χ4v) is 4.59. The molecule has 4 heterocycles. The number of cyclic esters (lactones) is 1. The van der Waals surface area contributed by atoms with Crippen molar-refractivity contribution in [3.63, 3.8) is 0 Å². The molecule has 2 aromatic rings. The van der Waals surface area contributed by atoms with Crippen molar-refractivity contribution in [2.24, 2.45) is 0 Å². The summed E-state index contributed by atoms with van der Waals surface area (Å²) in [6.45, 7) is 4.08. The highest BCUT2D eigenvalue weighted by molar-refractivity contribution is 5.95. The Morgan fingerprint density at radius 3 is 2.46 bits per heavy atom. The van der Waals surface area contributed by atoms with Gasteiger partial charge in [0.2, 0.25) is 0 Å². The maximum absolute atomic E-state index is 13.2. The van der Waals surface area contributed by atoms with Crippen molar-refractivity contribution >= 4 is 23.6 Å². The summed E-state index contributed by atoms with van der Waals surface area (Å²) in [5.74, 6) is 0.968. The number of alkyl halides is 3. The summed E-state index contributed by atoms with van der Waals surface area (Å²) in [7, 11) is 0. The molecule has 2 aromatic heterocycles. The summed E-state index contributed by atoms with van der Waals surface area (Å²) in [4.78, 5) is 38.7. The van der Waals surface area contributed by atoms with Gasteiger partial charge in [0.1, 0.15) is 18.2 Å². The Morgan fingerprint density at radius 2 is 1.86 bits per heavy atom. The molecule has 35 heavy (non-hydrogen) atoms. The Kier molecular flexibility index (Phi) is 6.02. The average molecular weight is 489 g/mol. The van der Waals surface area contributed by atoms with Crippen molar-refractivity contribution in [2.75, 3.05) is 42.6 Å². The highest BCUT2D eigenvalue weighted by atomic mass is 19.4. The molecular weight excluding hydrogens is 463 g/mol. The van der Waals surface area contributed by atoms with E-state index in [1.165, 1.54) is 17.2 Å². The summed E-state index contributed by atoms with van der Waals surface area (Å²) in [5, 5.41) is 0. The number of piperazine rings is 1. The van der Waals surface area contributed by atoms with E-state index in [1.54, 1.807) is 17.0 Å². The van der Waals surface area contributed by atoms with Crippen molar-refractivity contribution in [3.05, 3.63) is 47.3 Å². The molecule has 11 heteroatoms. The van der Waals surface area contributed by atoms with Gasteiger partial charge in [0.15, 0.2) is 0 Å². The molecule has 1 atom stereocenters. The van der Waals surface area contributed by atoms with Crippen LogP contribution in [0.4, 0.5) is 29.6 Å². The standard InChI is InChI=1S/C24H26F3N5O3/c1-2-18-14-35-23(34)32(18)20-6-5-16(12-28-20)22(33)31-9-7-30(8-10-31)21-19(15-3-4-15)11-17(13-29-21)24(25,26)27/h5-6,11-13,15,18H,2-4,7-10,14H2,1H3. The quantitative estimate of drug-likeness (QED) is 0.630. The number of anilines is 2. The van der Waals surface area contributed by atoms with Crippen molar-refractivity contribution in [3.8, 4) is 0 Å². The molecule has 3 fully saturated rings. The smallest absolute Gasteiger partial charge is 0.417 e. The average Bonchev–Trinajstić information content (AvgIpc) is 3.64. The number of amides is 2. The monoisotopic (exact) mass is 489 g/mol. The van der Waals surface area contributed by atoms with Crippen LogP contribution in [0.1, 0.15) is 53.6 Å². The van der Waals surface area contributed by atoms with E-state index in [0.717, 1.165) is 25.5 Å². The molecule has 1 saturated carbocycles. The number of hydrogen-bond acceptors (Lipinski definition) is 6. The predicted octanol–water partition coefficient (Wildman–Crippen LogP) is 4.07. The maximum Gasteiger partial charge on any atom is 0.417 e. The van der Waals surface area contributed by atoms with Gasteiger partial charge >= 0.3 is 12.3 Å². The van der Waals surface area contributed by atoms with E-state index in [1.807, 2.05) is 11.8 Å². The predicted molar refractivity (Wildman–Crippen MR) is 121 cm³/mol. The molecule has 0 N–H and O–H groups in total. The molecule has 8 nitrogen and oxygen atoms in total. The second-order valence-corrected chi connectivity index (χ2v) is 9.10. The number of carbonyl (C=O) groups is 2. The van der Waals surface area contributed by atoms with E-state index in [-0.39, 0.29) is 17.9 Å². The van der Waals surface area contributed by atoms with Crippen LogP contribution in [0, 0.1) is 0 Å². The Hall–Kier alpha value is -3.37. The largest absolute Gasteiger partial charge is 0.447 e. The highest BCUT2D eigenvalue weighted by Gasteiger charge is 2.37. The van der Waals surface area contributed by atoms with Crippen molar-refractivity contribution in [1.82, 2.24) is 14.9 Å². The molecule has 0 radical (unpaired) electrons. The number of nitrogens with zero attached hydrogens (tertiary/aromatic N) is 5. The number of halogens is 3. The summed E-state index contributed by atoms with van der Waals surface area (Å²) in [6.07, 6.45) is -0.0414. The number of hydrogen-bond donors (Lipinski definition) is 0. The lowest BCUT2D eigenvalue weighted by Crippen LogP contribution is -2.49. The Bertz CT molecular complexity index is 1110. The minimum atomic E-state index is -4.42. The van der Waals surface area contributed by atoms with Gasteiger partial charge in [-0.25, -0.2) is 14.8 Å². The Labute approximate surface area is 200 Å². The van der Waals surface area contributed by atoms with Crippen LogP contribution in [0.3, 0.4) is 0 Å². The molecule has 186 valence electrons. The van der Waals surface area contributed by atoms with Gasteiger partial charge in [0.25, 0.3) is 5.91 Å². The third kappa shape index (κ3) is 4.63. The molecule has 3 aliphatic rings. The first-order valence-corrected chi connectivity index (χ1v) is 11.8. The minimum absolute atomic E-state index is 0.0797. The molecule has 5 rings (SSSR count). The van der Waals surface area contributed by atoms with Crippen LogP contribution in [-0.2, 0) is 10.9 Å². The number of carbonyl (C=O) groups excluding carboxylic acids is 2. The van der Waals surface area contributed by atoms with Crippen LogP contribution in [-0.4, -0.2) is 65.7 Å². The zero-order chi connectivity index (χ0) is 24.7. The second-order valence-electron chi connectivity index (χ2n) is 9.10. The molecule has 0 aromatic carbocycles. The summed E-state index contributed by atoms with van der Waals surface area (Å²) in [5.41, 5.74) is 0.333. The minimum Gasteiger partial charge on any atom is -0.447 e. The molecular formula is C24H26F3N5O3. The van der Waals surface area contributed by atoms with Crippen LogP contribution >= 0.6 is 0 Å². The van der Waals surface area contributed by atoms with E-state index >= 15 is 0 Å². The van der Waals surface area contributed by atoms with Crippen molar-refractivity contribution in [1.29, 1.82) is 0 Å². The lowest BCUT2D eigenvalue weighted by atomic mass is 10.1. The normalized spacial score (nSPS) is 20.9. The lowest BCUT2D eigenvalue weighted by molar-refractivity contribution is -0.137. The number of aromatic nitrogens is 2. The first-order valence-electron chi connectivity index (χ1n) is 11.8. The Morgan fingerprint density at radius 1 is 1.11 bits per heavy atom. The van der Waals surface area contributed by atoms with Crippen LogP contribution in [0.2, 0.25) is 0 Å². The molecule has 2 saturated heterocycles. The first kappa shape index (κ1) is 23.4. The fraction of sp³-hybridized carbons (Fsp3) is 0.500. The van der Waals surface area contributed by atoms with E-state index in [4.69, 9.17) is 4.74 Å². The molecule has 1 aliphatic carbocycles. The van der Waals surface area contributed by atoms with Gasteiger partial charge in [-0.05, 0) is 48.9 Å². The van der Waals surface area contributed by atoms with Crippen LogP contribution in [0.15, 0.2) is 30.6 Å². The van der Waals surface area contributed by atoms with Crippen molar-refractivity contribution < 1.29 is 27.5 Å². The molecule has 0 bridgehead atoms. The van der Waals surface area contributed by atoms with Gasteiger partial charge < -0.3 is 14.5 Å². The maximum atomic E-state index is 13.2. The van der Waals surface area contributed by atoms with Crippen LogP contribution < -0.4 is 9.80 Å².